The predicted molar refractivity (Wildman–Crippen MR) is 50.5 cm³/mol. The van der Waals surface area contributed by atoms with Crippen LogP contribution in [-0.2, 0) is 0 Å². The topological polar surface area (TPSA) is 4.93 Å². The first-order valence-corrected chi connectivity index (χ1v) is 4.06. The van der Waals surface area contributed by atoms with Gasteiger partial charge >= 0.3 is 0 Å². The van der Waals surface area contributed by atoms with Gasteiger partial charge in [-0.15, -0.1) is 0 Å². The van der Waals surface area contributed by atoms with Gasteiger partial charge in [0.15, 0.2) is 0 Å². The summed E-state index contributed by atoms with van der Waals surface area (Å²) in [6, 6.07) is 12.5. The third-order valence-electron chi connectivity index (χ3n) is 1.94. The normalized spacial score (nSPS) is 10.1. The smallest absolute Gasteiger partial charge is 0.0449 e. The molecule has 60 valence electrons. The molecule has 2 aromatic rings. The summed E-state index contributed by atoms with van der Waals surface area (Å²) in [5, 5.41) is 0. The molecule has 0 atom stereocenters. The maximum atomic E-state index is 2.12. The van der Waals surface area contributed by atoms with Crippen LogP contribution in [0.4, 0.5) is 0 Å². The minimum absolute atomic E-state index is 1.21. The number of aromatic nitrogens is 1. The largest absolute Gasteiger partial charge is 0.324 e. The van der Waals surface area contributed by atoms with Gasteiger partial charge in [-0.2, -0.15) is 0 Å². The van der Waals surface area contributed by atoms with E-state index in [-0.39, 0.29) is 0 Å². The van der Waals surface area contributed by atoms with Crippen molar-refractivity contribution < 1.29 is 0 Å². The Morgan fingerprint density at radius 3 is 2.08 bits per heavy atom. The molecule has 0 N–H and O–H groups in total. The second kappa shape index (κ2) is 2.86. The number of aryl methyl sites for hydroxylation is 1. The van der Waals surface area contributed by atoms with E-state index in [2.05, 4.69) is 35.8 Å². The van der Waals surface area contributed by atoms with Gasteiger partial charge in [0.25, 0.3) is 0 Å². The van der Waals surface area contributed by atoms with Gasteiger partial charge in [-0.3, -0.25) is 0 Å². The highest BCUT2D eigenvalue weighted by atomic mass is 14.9. The molecule has 0 aliphatic heterocycles. The van der Waals surface area contributed by atoms with Crippen LogP contribution >= 0.6 is 0 Å². The summed E-state index contributed by atoms with van der Waals surface area (Å²) in [5.41, 5.74) is 2.51. The van der Waals surface area contributed by atoms with Crippen molar-refractivity contribution in [2.75, 3.05) is 0 Å². The second-order valence-corrected chi connectivity index (χ2v) is 2.93. The van der Waals surface area contributed by atoms with Gasteiger partial charge in [0.05, 0.1) is 0 Å². The molecule has 0 spiro atoms. The number of nitrogens with zero attached hydrogens (tertiary/aromatic N) is 1. The zero-order valence-corrected chi connectivity index (χ0v) is 7.07. The van der Waals surface area contributed by atoms with Crippen molar-refractivity contribution in [3.05, 3.63) is 54.4 Å². The van der Waals surface area contributed by atoms with Gasteiger partial charge in [-0.25, -0.2) is 0 Å². The summed E-state index contributed by atoms with van der Waals surface area (Å²) >= 11 is 0. The average Bonchev–Trinajstić information content (AvgIpc) is 2.58. The molecular weight excluding hydrogens is 146 g/mol. The zero-order valence-electron chi connectivity index (χ0n) is 7.07. The van der Waals surface area contributed by atoms with Crippen LogP contribution in [0.25, 0.3) is 5.69 Å². The van der Waals surface area contributed by atoms with Gasteiger partial charge in [-0.05, 0) is 31.2 Å². The molecule has 0 saturated heterocycles. The van der Waals surface area contributed by atoms with E-state index >= 15 is 0 Å². The molecule has 0 radical (unpaired) electrons. The number of rotatable bonds is 1. The lowest BCUT2D eigenvalue weighted by molar-refractivity contribution is 1.08. The molecule has 0 fully saturated rings. The fraction of sp³-hybridized carbons (Fsp3) is 0.0909. The monoisotopic (exact) mass is 157 g/mol. The molecule has 0 aliphatic carbocycles. The summed E-state index contributed by atoms with van der Waals surface area (Å²) in [6.45, 7) is 2.10. The highest BCUT2D eigenvalue weighted by Gasteiger charge is 1.91. The Morgan fingerprint density at radius 2 is 1.50 bits per heavy atom. The van der Waals surface area contributed by atoms with Crippen LogP contribution < -0.4 is 0 Å². The Bertz CT molecular complexity index is 343. The van der Waals surface area contributed by atoms with Crippen LogP contribution in [-0.4, -0.2) is 4.57 Å². The summed E-state index contributed by atoms with van der Waals surface area (Å²) < 4.78 is 2.10. The molecule has 1 heteroatoms. The fourth-order valence-corrected chi connectivity index (χ4v) is 1.22. The van der Waals surface area contributed by atoms with E-state index in [1.807, 2.05) is 24.5 Å². The van der Waals surface area contributed by atoms with E-state index in [9.17, 15) is 0 Å². The SMILES string of the molecule is Cc1ccc(-n2cccc2)cc1. The van der Waals surface area contributed by atoms with Crippen LogP contribution in [0.5, 0.6) is 0 Å². The van der Waals surface area contributed by atoms with Crippen LogP contribution in [0.15, 0.2) is 48.8 Å². The molecule has 0 unspecified atom stereocenters. The van der Waals surface area contributed by atoms with Crippen molar-refractivity contribution in [1.29, 1.82) is 0 Å². The molecule has 0 amide bonds. The van der Waals surface area contributed by atoms with Crippen molar-refractivity contribution in [1.82, 2.24) is 4.57 Å². The standard InChI is InChI=1S/C11H11N/c1-10-4-6-11(7-5-10)12-8-2-3-9-12/h2-9H,1H3. The third kappa shape index (κ3) is 1.26. The minimum Gasteiger partial charge on any atom is -0.324 e. The third-order valence-corrected chi connectivity index (χ3v) is 1.94. The number of hydrogen-bond donors (Lipinski definition) is 0. The van der Waals surface area contributed by atoms with Crippen molar-refractivity contribution in [2.24, 2.45) is 0 Å². The van der Waals surface area contributed by atoms with Gasteiger partial charge in [0.2, 0.25) is 0 Å². The molecule has 2 rings (SSSR count). The van der Waals surface area contributed by atoms with Crippen molar-refractivity contribution >= 4 is 0 Å². The predicted octanol–water partition coefficient (Wildman–Crippen LogP) is 2.79. The Balaban J connectivity index is 2.43. The first-order chi connectivity index (χ1) is 5.86. The highest BCUT2D eigenvalue weighted by molar-refractivity contribution is 5.34. The molecule has 1 nitrogen and oxygen atoms in total. The van der Waals surface area contributed by atoms with Crippen molar-refractivity contribution in [2.45, 2.75) is 6.92 Å². The molecule has 0 bridgehead atoms. The van der Waals surface area contributed by atoms with Gasteiger partial charge in [0, 0.05) is 18.1 Å². The van der Waals surface area contributed by atoms with Gasteiger partial charge in [0.1, 0.15) is 0 Å². The first kappa shape index (κ1) is 7.17. The minimum atomic E-state index is 1.21. The molecule has 1 aromatic heterocycles. The first-order valence-electron chi connectivity index (χ1n) is 4.06. The summed E-state index contributed by atoms with van der Waals surface area (Å²) in [7, 11) is 0. The van der Waals surface area contributed by atoms with E-state index in [0.717, 1.165) is 0 Å². The Labute approximate surface area is 72.3 Å². The quantitative estimate of drug-likeness (QED) is 0.600. The lowest BCUT2D eigenvalue weighted by Gasteiger charge is -2.01. The van der Waals surface area contributed by atoms with E-state index in [0.29, 0.717) is 0 Å². The van der Waals surface area contributed by atoms with Crippen LogP contribution in [0.1, 0.15) is 5.56 Å². The maximum absolute atomic E-state index is 2.12. The zero-order chi connectivity index (χ0) is 8.39. The maximum Gasteiger partial charge on any atom is 0.0449 e. The van der Waals surface area contributed by atoms with Crippen LogP contribution in [0.3, 0.4) is 0 Å². The van der Waals surface area contributed by atoms with E-state index in [1.165, 1.54) is 11.3 Å². The Morgan fingerprint density at radius 1 is 0.917 bits per heavy atom. The number of hydrogen-bond acceptors (Lipinski definition) is 0. The molecule has 1 aromatic carbocycles. The molecule has 12 heavy (non-hydrogen) atoms. The van der Waals surface area contributed by atoms with Gasteiger partial charge in [-0.1, -0.05) is 17.7 Å². The molecular formula is C11H11N. The average molecular weight is 157 g/mol. The van der Waals surface area contributed by atoms with E-state index in [4.69, 9.17) is 0 Å². The Hall–Kier alpha value is -1.50. The van der Waals surface area contributed by atoms with Crippen LogP contribution in [0.2, 0.25) is 0 Å². The second-order valence-electron chi connectivity index (χ2n) is 2.93. The van der Waals surface area contributed by atoms with Crippen LogP contribution in [0, 0.1) is 6.92 Å². The number of benzene rings is 1. The van der Waals surface area contributed by atoms with Crippen molar-refractivity contribution in [3.63, 3.8) is 0 Å². The van der Waals surface area contributed by atoms with Gasteiger partial charge < -0.3 is 4.57 Å². The van der Waals surface area contributed by atoms with Crippen molar-refractivity contribution in [3.8, 4) is 5.69 Å². The lowest BCUT2D eigenvalue weighted by atomic mass is 10.2. The molecule has 0 aliphatic rings. The van der Waals surface area contributed by atoms with E-state index in [1.54, 1.807) is 0 Å². The molecule has 0 saturated carbocycles. The fourth-order valence-electron chi connectivity index (χ4n) is 1.22. The molecule has 1 heterocycles. The summed E-state index contributed by atoms with van der Waals surface area (Å²) in [4.78, 5) is 0. The summed E-state index contributed by atoms with van der Waals surface area (Å²) in [6.07, 6.45) is 4.09. The van der Waals surface area contributed by atoms with E-state index < -0.39 is 0 Å². The highest BCUT2D eigenvalue weighted by Crippen LogP contribution is 2.08. The summed E-state index contributed by atoms with van der Waals surface area (Å²) in [5.74, 6) is 0. The Kier molecular flexibility index (Phi) is 1.71. The lowest BCUT2D eigenvalue weighted by Crippen LogP contribution is -1.88.